The maximum atomic E-state index is 13.1. The predicted octanol–water partition coefficient (Wildman–Crippen LogP) is 1.18. The van der Waals surface area contributed by atoms with Gasteiger partial charge in [0.1, 0.15) is 11.2 Å². The summed E-state index contributed by atoms with van der Waals surface area (Å²) in [5.74, 6) is -1.43. The molecule has 19 heavy (non-hydrogen) atoms. The molecule has 1 spiro atoms. The van der Waals surface area contributed by atoms with Gasteiger partial charge < -0.3 is 0 Å². The molecule has 1 heterocycles. The summed E-state index contributed by atoms with van der Waals surface area (Å²) < 4.78 is 13.1. The molecule has 0 atom stereocenters. The number of imide groups is 2. The van der Waals surface area contributed by atoms with Gasteiger partial charge in [-0.15, -0.1) is 0 Å². The van der Waals surface area contributed by atoms with Crippen molar-refractivity contribution in [2.24, 2.45) is 5.41 Å². The SMILES string of the molecule is O=C1NC(=O)C2(CC2)C(=O)N1Cc1cccc(F)c1. The van der Waals surface area contributed by atoms with E-state index in [1.54, 1.807) is 6.07 Å². The molecule has 1 saturated carbocycles. The van der Waals surface area contributed by atoms with Crippen molar-refractivity contribution in [2.75, 3.05) is 0 Å². The van der Waals surface area contributed by atoms with E-state index in [4.69, 9.17) is 0 Å². The van der Waals surface area contributed by atoms with Crippen molar-refractivity contribution in [3.8, 4) is 0 Å². The minimum Gasteiger partial charge on any atom is -0.277 e. The van der Waals surface area contributed by atoms with Crippen LogP contribution in [0.25, 0.3) is 0 Å². The molecule has 1 N–H and O–H groups in total. The molecule has 2 aliphatic rings. The number of halogens is 1. The molecule has 1 aliphatic carbocycles. The third kappa shape index (κ3) is 1.80. The van der Waals surface area contributed by atoms with Crippen molar-refractivity contribution in [1.29, 1.82) is 0 Å². The smallest absolute Gasteiger partial charge is 0.277 e. The van der Waals surface area contributed by atoms with Crippen LogP contribution in [-0.4, -0.2) is 22.7 Å². The number of benzene rings is 1. The first-order chi connectivity index (χ1) is 9.03. The Labute approximate surface area is 108 Å². The molecule has 0 radical (unpaired) electrons. The van der Waals surface area contributed by atoms with E-state index in [1.165, 1.54) is 18.2 Å². The number of hydrogen-bond donors (Lipinski definition) is 1. The van der Waals surface area contributed by atoms with Crippen LogP contribution in [0, 0.1) is 11.2 Å². The molecule has 1 aliphatic heterocycles. The number of carbonyl (C=O) groups is 3. The van der Waals surface area contributed by atoms with Crippen LogP contribution >= 0.6 is 0 Å². The highest BCUT2D eigenvalue weighted by molar-refractivity contribution is 6.20. The van der Waals surface area contributed by atoms with E-state index in [2.05, 4.69) is 5.32 Å². The molecular weight excluding hydrogens is 251 g/mol. The van der Waals surface area contributed by atoms with Gasteiger partial charge in [0.2, 0.25) is 11.8 Å². The number of carbonyl (C=O) groups excluding carboxylic acids is 3. The van der Waals surface area contributed by atoms with Crippen LogP contribution in [0.15, 0.2) is 24.3 Å². The maximum absolute atomic E-state index is 13.1. The van der Waals surface area contributed by atoms with Crippen molar-refractivity contribution >= 4 is 17.8 Å². The predicted molar refractivity (Wildman–Crippen MR) is 62.2 cm³/mol. The van der Waals surface area contributed by atoms with Crippen molar-refractivity contribution in [2.45, 2.75) is 19.4 Å². The van der Waals surface area contributed by atoms with Crippen molar-refractivity contribution in [3.05, 3.63) is 35.6 Å². The van der Waals surface area contributed by atoms with Crippen LogP contribution in [0.1, 0.15) is 18.4 Å². The second-order valence-electron chi connectivity index (χ2n) is 4.86. The van der Waals surface area contributed by atoms with Crippen LogP contribution < -0.4 is 5.32 Å². The molecule has 4 amide bonds. The monoisotopic (exact) mass is 262 g/mol. The number of barbiturate groups is 1. The van der Waals surface area contributed by atoms with Gasteiger partial charge in [0.25, 0.3) is 0 Å². The number of amides is 4. The third-order valence-electron chi connectivity index (χ3n) is 3.53. The fourth-order valence-electron chi connectivity index (χ4n) is 2.26. The van der Waals surface area contributed by atoms with Crippen LogP contribution in [0.2, 0.25) is 0 Å². The second-order valence-corrected chi connectivity index (χ2v) is 4.86. The van der Waals surface area contributed by atoms with Crippen LogP contribution in [0.3, 0.4) is 0 Å². The molecule has 1 aromatic carbocycles. The summed E-state index contributed by atoms with van der Waals surface area (Å²) in [4.78, 5) is 36.5. The van der Waals surface area contributed by atoms with E-state index in [-0.39, 0.29) is 6.54 Å². The Bertz CT molecular complexity index is 595. The first-order valence-corrected chi connectivity index (χ1v) is 5.95. The highest BCUT2D eigenvalue weighted by Gasteiger charge is 2.62. The van der Waals surface area contributed by atoms with Gasteiger partial charge >= 0.3 is 6.03 Å². The summed E-state index contributed by atoms with van der Waals surface area (Å²) in [5.41, 5.74) is -0.546. The summed E-state index contributed by atoms with van der Waals surface area (Å²) >= 11 is 0. The number of hydrogen-bond acceptors (Lipinski definition) is 3. The quantitative estimate of drug-likeness (QED) is 0.814. The van der Waals surface area contributed by atoms with Crippen molar-refractivity contribution in [3.63, 3.8) is 0 Å². The Morgan fingerprint density at radius 1 is 1.26 bits per heavy atom. The Hall–Kier alpha value is -2.24. The number of urea groups is 1. The third-order valence-corrected chi connectivity index (χ3v) is 3.53. The molecule has 1 saturated heterocycles. The number of nitrogens with one attached hydrogen (secondary N) is 1. The van der Waals surface area contributed by atoms with E-state index in [9.17, 15) is 18.8 Å². The van der Waals surface area contributed by atoms with E-state index in [1.807, 2.05) is 0 Å². The lowest BCUT2D eigenvalue weighted by atomic mass is 10.0. The largest absolute Gasteiger partial charge is 0.331 e. The van der Waals surface area contributed by atoms with Crippen molar-refractivity contribution < 1.29 is 18.8 Å². The highest BCUT2D eigenvalue weighted by Crippen LogP contribution is 2.49. The zero-order chi connectivity index (χ0) is 13.6. The molecule has 3 rings (SSSR count). The normalized spacial score (nSPS) is 20.7. The Morgan fingerprint density at radius 3 is 2.63 bits per heavy atom. The minimum atomic E-state index is -1.05. The second kappa shape index (κ2) is 3.88. The maximum Gasteiger partial charge on any atom is 0.331 e. The fraction of sp³-hybridized carbons (Fsp3) is 0.308. The van der Waals surface area contributed by atoms with Gasteiger partial charge in [-0.1, -0.05) is 12.1 Å². The van der Waals surface area contributed by atoms with E-state index >= 15 is 0 Å². The molecule has 1 aromatic rings. The van der Waals surface area contributed by atoms with Gasteiger partial charge in [-0.05, 0) is 30.5 Å². The molecule has 0 bridgehead atoms. The van der Waals surface area contributed by atoms with E-state index in [0.29, 0.717) is 18.4 Å². The average molecular weight is 262 g/mol. The lowest BCUT2D eigenvalue weighted by molar-refractivity contribution is -0.145. The first kappa shape index (κ1) is 11.8. The fourth-order valence-corrected chi connectivity index (χ4v) is 2.26. The minimum absolute atomic E-state index is 0.0303. The van der Waals surface area contributed by atoms with Crippen LogP contribution in [-0.2, 0) is 16.1 Å². The summed E-state index contributed by atoms with van der Waals surface area (Å²) in [6.45, 7) is -0.0303. The average Bonchev–Trinajstić information content (AvgIpc) is 3.15. The van der Waals surface area contributed by atoms with Gasteiger partial charge in [-0.25, -0.2) is 9.18 Å². The highest BCUT2D eigenvalue weighted by atomic mass is 19.1. The summed E-state index contributed by atoms with van der Waals surface area (Å²) in [5, 5.41) is 2.18. The number of rotatable bonds is 2. The lowest BCUT2D eigenvalue weighted by Gasteiger charge is -2.30. The molecule has 2 fully saturated rings. The standard InChI is InChI=1S/C13H11FN2O3/c14-9-3-1-2-8(6-9)7-16-11(18)13(4-5-13)10(17)15-12(16)19/h1-3,6H,4-5,7H2,(H,15,17,19). The molecule has 0 aromatic heterocycles. The van der Waals surface area contributed by atoms with Crippen LogP contribution in [0.4, 0.5) is 9.18 Å². The van der Waals surface area contributed by atoms with E-state index < -0.39 is 29.1 Å². The van der Waals surface area contributed by atoms with Crippen LogP contribution in [0.5, 0.6) is 0 Å². The van der Waals surface area contributed by atoms with Gasteiger partial charge in [0, 0.05) is 0 Å². The topological polar surface area (TPSA) is 66.5 Å². The number of nitrogens with zero attached hydrogens (tertiary/aromatic N) is 1. The Balaban J connectivity index is 1.86. The van der Waals surface area contributed by atoms with Crippen molar-refractivity contribution in [1.82, 2.24) is 10.2 Å². The summed E-state index contributed by atoms with van der Waals surface area (Å²) in [6.07, 6.45) is 0.926. The first-order valence-electron chi connectivity index (χ1n) is 5.95. The van der Waals surface area contributed by atoms with Gasteiger partial charge in [-0.2, -0.15) is 0 Å². The van der Waals surface area contributed by atoms with Gasteiger partial charge in [0.15, 0.2) is 0 Å². The molecule has 98 valence electrons. The molecular formula is C13H11FN2O3. The lowest BCUT2D eigenvalue weighted by Crippen LogP contribution is -2.58. The summed E-state index contributed by atoms with van der Waals surface area (Å²) in [7, 11) is 0. The van der Waals surface area contributed by atoms with Gasteiger partial charge in [0.05, 0.1) is 6.54 Å². The molecule has 0 unspecified atom stereocenters. The Morgan fingerprint density at radius 2 is 2.00 bits per heavy atom. The van der Waals surface area contributed by atoms with E-state index in [0.717, 1.165) is 4.90 Å². The molecule has 5 nitrogen and oxygen atoms in total. The summed E-state index contributed by atoms with van der Waals surface area (Å²) in [6, 6.07) is 4.94. The van der Waals surface area contributed by atoms with Gasteiger partial charge in [-0.3, -0.25) is 19.8 Å². The zero-order valence-electron chi connectivity index (χ0n) is 9.98. The zero-order valence-corrected chi connectivity index (χ0v) is 9.98. The molecule has 6 heteroatoms. The Kier molecular flexibility index (Phi) is 2.41.